The smallest absolute Gasteiger partial charge is 0.172 e. The van der Waals surface area contributed by atoms with Crippen molar-refractivity contribution in [3.8, 4) is 11.5 Å². The van der Waals surface area contributed by atoms with E-state index in [4.69, 9.17) is 9.47 Å². The average molecular weight is 273 g/mol. The van der Waals surface area contributed by atoms with Crippen LogP contribution in [0.3, 0.4) is 0 Å². The van der Waals surface area contributed by atoms with Crippen LogP contribution in [0, 0.1) is 0 Å². The maximum absolute atomic E-state index is 10.9. The van der Waals surface area contributed by atoms with Gasteiger partial charge in [0.25, 0.3) is 0 Å². The van der Waals surface area contributed by atoms with Gasteiger partial charge in [-0.15, -0.1) is 0 Å². The van der Waals surface area contributed by atoms with Crippen molar-refractivity contribution in [2.24, 2.45) is 0 Å². The first-order valence-electron chi connectivity index (χ1n) is 4.04. The molecule has 4 nitrogen and oxygen atoms in total. The number of hydrogen-bond donors (Lipinski definition) is 0. The van der Waals surface area contributed by atoms with Gasteiger partial charge in [0.1, 0.15) is 0 Å². The third-order valence-electron chi connectivity index (χ3n) is 1.91. The predicted molar refractivity (Wildman–Crippen MR) is 58.0 cm³/mol. The minimum absolute atomic E-state index is 0.263. The zero-order valence-electron chi connectivity index (χ0n) is 8.24. The van der Waals surface area contributed by atoms with Gasteiger partial charge in [-0.1, -0.05) is 0 Å². The van der Waals surface area contributed by atoms with Crippen molar-refractivity contribution < 1.29 is 19.1 Å². The summed E-state index contributed by atoms with van der Waals surface area (Å²) in [6.07, 6.45) is 1.25. The Bertz CT molecular complexity index is 401. The molecule has 0 saturated carbocycles. The standard InChI is InChI=1S/C10H9BrO4/c1-14-8-3-6(4-12)9(11)7(5-13)10(8)15-2/h3-5H,1-2H3. The van der Waals surface area contributed by atoms with Crippen molar-refractivity contribution in [1.29, 1.82) is 0 Å². The molecule has 5 heteroatoms. The molecule has 1 rings (SSSR count). The van der Waals surface area contributed by atoms with Gasteiger partial charge < -0.3 is 9.47 Å². The lowest BCUT2D eigenvalue weighted by atomic mass is 10.1. The number of rotatable bonds is 4. The minimum atomic E-state index is 0.263. The molecule has 15 heavy (non-hydrogen) atoms. The third kappa shape index (κ3) is 2.02. The molecule has 0 fully saturated rings. The fourth-order valence-corrected chi connectivity index (χ4v) is 1.69. The second-order valence-electron chi connectivity index (χ2n) is 2.66. The molecule has 0 aromatic heterocycles. The van der Waals surface area contributed by atoms with Crippen LogP contribution < -0.4 is 9.47 Å². The summed E-state index contributed by atoms with van der Waals surface area (Å²) in [5, 5.41) is 0. The Morgan fingerprint density at radius 3 is 2.27 bits per heavy atom. The van der Waals surface area contributed by atoms with E-state index in [0.717, 1.165) is 0 Å². The average Bonchev–Trinajstić information content (AvgIpc) is 2.28. The van der Waals surface area contributed by atoms with Gasteiger partial charge in [-0.25, -0.2) is 0 Å². The molecular weight excluding hydrogens is 264 g/mol. The lowest BCUT2D eigenvalue weighted by Crippen LogP contribution is -1.99. The van der Waals surface area contributed by atoms with E-state index in [0.29, 0.717) is 34.1 Å². The monoisotopic (exact) mass is 272 g/mol. The Kier molecular flexibility index (Phi) is 3.85. The van der Waals surface area contributed by atoms with E-state index in [1.807, 2.05) is 0 Å². The van der Waals surface area contributed by atoms with Gasteiger partial charge in [-0.3, -0.25) is 9.59 Å². The lowest BCUT2D eigenvalue weighted by molar-refractivity contribution is 0.111. The highest BCUT2D eigenvalue weighted by molar-refractivity contribution is 9.10. The topological polar surface area (TPSA) is 52.6 Å². The fraction of sp³-hybridized carbons (Fsp3) is 0.200. The summed E-state index contributed by atoms with van der Waals surface area (Å²) >= 11 is 3.16. The molecule has 1 aromatic rings. The number of benzene rings is 1. The van der Waals surface area contributed by atoms with Gasteiger partial charge in [0.2, 0.25) is 0 Å². The molecule has 0 aliphatic carbocycles. The highest BCUT2D eigenvalue weighted by atomic mass is 79.9. The highest BCUT2D eigenvalue weighted by Gasteiger charge is 2.17. The zero-order valence-corrected chi connectivity index (χ0v) is 9.83. The third-order valence-corrected chi connectivity index (χ3v) is 2.80. The van der Waals surface area contributed by atoms with Crippen molar-refractivity contribution in [2.45, 2.75) is 0 Å². The molecule has 0 unspecified atom stereocenters. The van der Waals surface area contributed by atoms with Gasteiger partial charge in [0.05, 0.1) is 19.8 Å². The molecule has 0 N–H and O–H groups in total. The van der Waals surface area contributed by atoms with E-state index in [-0.39, 0.29) is 5.56 Å². The molecular formula is C10H9BrO4. The van der Waals surface area contributed by atoms with Crippen molar-refractivity contribution >= 4 is 28.5 Å². The van der Waals surface area contributed by atoms with Gasteiger partial charge in [0.15, 0.2) is 24.1 Å². The maximum Gasteiger partial charge on any atom is 0.172 e. The molecule has 80 valence electrons. The van der Waals surface area contributed by atoms with Crippen molar-refractivity contribution in [3.05, 3.63) is 21.7 Å². The van der Waals surface area contributed by atoms with Crippen LogP contribution in [0.15, 0.2) is 10.5 Å². The summed E-state index contributed by atoms with van der Waals surface area (Å²) in [4.78, 5) is 21.6. The van der Waals surface area contributed by atoms with Crippen LogP contribution in [0.4, 0.5) is 0 Å². The molecule has 0 atom stereocenters. The lowest BCUT2D eigenvalue weighted by Gasteiger charge is -2.12. The summed E-state index contributed by atoms with van der Waals surface area (Å²) in [5.74, 6) is 0.662. The number of ether oxygens (including phenoxy) is 2. The second-order valence-corrected chi connectivity index (χ2v) is 3.46. The predicted octanol–water partition coefficient (Wildman–Crippen LogP) is 2.09. The van der Waals surface area contributed by atoms with Crippen LogP contribution in [0.5, 0.6) is 11.5 Å². The molecule has 0 heterocycles. The van der Waals surface area contributed by atoms with Crippen LogP contribution in [-0.2, 0) is 0 Å². The first-order valence-corrected chi connectivity index (χ1v) is 4.83. The molecule has 0 saturated heterocycles. The van der Waals surface area contributed by atoms with Crippen LogP contribution >= 0.6 is 15.9 Å². The highest BCUT2D eigenvalue weighted by Crippen LogP contribution is 2.36. The Morgan fingerprint density at radius 1 is 1.20 bits per heavy atom. The number of carbonyl (C=O) groups is 2. The quantitative estimate of drug-likeness (QED) is 0.788. The Balaban J connectivity index is 3.56. The number of methoxy groups -OCH3 is 2. The van der Waals surface area contributed by atoms with E-state index >= 15 is 0 Å². The van der Waals surface area contributed by atoms with Crippen LogP contribution in [-0.4, -0.2) is 26.8 Å². The largest absolute Gasteiger partial charge is 0.493 e. The van der Waals surface area contributed by atoms with Crippen LogP contribution in [0.25, 0.3) is 0 Å². The second kappa shape index (κ2) is 4.93. The van der Waals surface area contributed by atoms with Crippen LogP contribution in [0.1, 0.15) is 20.7 Å². The number of carbonyl (C=O) groups excluding carboxylic acids is 2. The molecule has 0 spiro atoms. The fourth-order valence-electron chi connectivity index (χ4n) is 1.21. The van der Waals surface area contributed by atoms with Gasteiger partial charge in [0, 0.05) is 10.0 Å². The normalized spacial score (nSPS) is 9.53. The Hall–Kier alpha value is -1.36. The number of aldehydes is 2. The Labute approximate surface area is 95.3 Å². The maximum atomic E-state index is 10.9. The van der Waals surface area contributed by atoms with Gasteiger partial charge in [-0.2, -0.15) is 0 Å². The van der Waals surface area contributed by atoms with E-state index < -0.39 is 0 Å². The SMILES string of the molecule is COc1cc(C=O)c(Br)c(C=O)c1OC. The molecule has 0 aliphatic rings. The van der Waals surface area contributed by atoms with Gasteiger partial charge >= 0.3 is 0 Å². The van der Waals surface area contributed by atoms with Gasteiger partial charge in [-0.05, 0) is 22.0 Å². The first kappa shape index (κ1) is 11.7. The molecule has 1 aromatic carbocycles. The number of hydrogen-bond acceptors (Lipinski definition) is 4. The summed E-state index contributed by atoms with van der Waals surface area (Å²) in [5.41, 5.74) is 0.605. The summed E-state index contributed by atoms with van der Waals surface area (Å²) in [6, 6.07) is 1.50. The molecule has 0 bridgehead atoms. The van der Waals surface area contributed by atoms with Crippen LogP contribution in [0.2, 0.25) is 0 Å². The first-order chi connectivity index (χ1) is 7.19. The van der Waals surface area contributed by atoms with E-state index in [1.165, 1.54) is 20.3 Å². The summed E-state index contributed by atoms with van der Waals surface area (Å²) in [6.45, 7) is 0. The minimum Gasteiger partial charge on any atom is -0.493 e. The van der Waals surface area contributed by atoms with E-state index in [9.17, 15) is 9.59 Å². The summed E-state index contributed by atoms with van der Waals surface area (Å²) < 4.78 is 10.5. The summed E-state index contributed by atoms with van der Waals surface area (Å²) in [7, 11) is 2.87. The zero-order chi connectivity index (χ0) is 11.4. The molecule has 0 aliphatic heterocycles. The van der Waals surface area contributed by atoms with Crippen molar-refractivity contribution in [1.82, 2.24) is 0 Å². The van der Waals surface area contributed by atoms with E-state index in [2.05, 4.69) is 15.9 Å². The van der Waals surface area contributed by atoms with E-state index in [1.54, 1.807) is 0 Å². The number of halogens is 1. The van der Waals surface area contributed by atoms with Crippen molar-refractivity contribution in [2.75, 3.05) is 14.2 Å². The molecule has 0 radical (unpaired) electrons. The Morgan fingerprint density at radius 2 is 1.87 bits per heavy atom. The molecule has 0 amide bonds. The van der Waals surface area contributed by atoms with Crippen molar-refractivity contribution in [3.63, 3.8) is 0 Å².